The van der Waals surface area contributed by atoms with Crippen LogP contribution in [0.4, 0.5) is 0 Å². The first-order valence-corrected chi connectivity index (χ1v) is 7.43. The molecule has 1 atom stereocenters. The molecule has 2 heteroatoms. The van der Waals surface area contributed by atoms with E-state index in [1.54, 1.807) is 0 Å². The van der Waals surface area contributed by atoms with E-state index in [4.69, 9.17) is 5.84 Å². The molecule has 0 aromatic heterocycles. The topological polar surface area (TPSA) is 38.0 Å². The average molecular weight is 268 g/mol. The maximum Gasteiger partial charge on any atom is 0.0462 e. The molecule has 2 aromatic rings. The number of benzene rings is 2. The number of hydrogen-bond acceptors (Lipinski definition) is 2. The van der Waals surface area contributed by atoms with Crippen molar-refractivity contribution < 1.29 is 0 Å². The van der Waals surface area contributed by atoms with Crippen molar-refractivity contribution in [2.24, 2.45) is 5.84 Å². The molecule has 0 bridgehead atoms. The lowest BCUT2D eigenvalue weighted by Crippen LogP contribution is -2.28. The summed E-state index contributed by atoms with van der Waals surface area (Å²) < 4.78 is 0. The lowest BCUT2D eigenvalue weighted by atomic mass is 9.94. The Morgan fingerprint density at radius 1 is 1.00 bits per heavy atom. The van der Waals surface area contributed by atoms with Crippen LogP contribution in [0.1, 0.15) is 42.5 Å². The highest BCUT2D eigenvalue weighted by atomic mass is 15.2. The Hall–Kier alpha value is -1.64. The summed E-state index contributed by atoms with van der Waals surface area (Å²) in [6.45, 7) is 2.19. The number of aryl methyl sites for hydroxylation is 2. The van der Waals surface area contributed by atoms with Gasteiger partial charge >= 0.3 is 0 Å². The number of nitrogens with two attached hydrogens (primary N) is 1. The molecule has 0 saturated heterocycles. The van der Waals surface area contributed by atoms with Gasteiger partial charge in [0.2, 0.25) is 0 Å². The lowest BCUT2D eigenvalue weighted by molar-refractivity contribution is 0.495. The molecule has 0 aliphatic rings. The van der Waals surface area contributed by atoms with Gasteiger partial charge in [0.15, 0.2) is 0 Å². The highest BCUT2D eigenvalue weighted by Gasteiger charge is 2.12. The number of hydrazine groups is 1. The van der Waals surface area contributed by atoms with E-state index in [1.165, 1.54) is 16.7 Å². The Morgan fingerprint density at radius 2 is 1.70 bits per heavy atom. The van der Waals surface area contributed by atoms with E-state index in [-0.39, 0.29) is 6.04 Å². The van der Waals surface area contributed by atoms with Crippen LogP contribution in [0, 0.1) is 0 Å². The second-order valence-corrected chi connectivity index (χ2v) is 5.15. The molecular formula is C18H24N2. The SMILES string of the molecule is CCc1ccccc1C(CCCc1ccccc1)NN. The standard InChI is InChI=1S/C18H24N2/c1-2-16-12-6-7-13-17(16)18(20-19)14-8-11-15-9-4-3-5-10-15/h3-7,9-10,12-13,18,20H,2,8,11,14,19H2,1H3. The van der Waals surface area contributed by atoms with Crippen LogP contribution in [0.2, 0.25) is 0 Å². The first-order chi connectivity index (χ1) is 9.85. The van der Waals surface area contributed by atoms with Crippen molar-refractivity contribution in [1.29, 1.82) is 0 Å². The summed E-state index contributed by atoms with van der Waals surface area (Å²) in [5.74, 6) is 5.76. The van der Waals surface area contributed by atoms with Gasteiger partial charge < -0.3 is 0 Å². The molecule has 0 aliphatic heterocycles. The van der Waals surface area contributed by atoms with Crippen LogP contribution in [-0.4, -0.2) is 0 Å². The van der Waals surface area contributed by atoms with Crippen molar-refractivity contribution in [3.8, 4) is 0 Å². The van der Waals surface area contributed by atoms with Crippen molar-refractivity contribution in [2.75, 3.05) is 0 Å². The smallest absolute Gasteiger partial charge is 0.0462 e. The fourth-order valence-corrected chi connectivity index (χ4v) is 2.68. The second-order valence-electron chi connectivity index (χ2n) is 5.15. The highest BCUT2D eigenvalue weighted by Crippen LogP contribution is 2.23. The third kappa shape index (κ3) is 3.92. The molecule has 20 heavy (non-hydrogen) atoms. The fraction of sp³-hybridized carbons (Fsp3) is 0.333. The molecule has 0 aliphatic carbocycles. The van der Waals surface area contributed by atoms with E-state index in [1.807, 2.05) is 0 Å². The van der Waals surface area contributed by atoms with Gasteiger partial charge in [-0.3, -0.25) is 11.3 Å². The molecule has 2 aromatic carbocycles. The van der Waals surface area contributed by atoms with Gasteiger partial charge in [0.05, 0.1) is 0 Å². The van der Waals surface area contributed by atoms with Gasteiger partial charge in [0.25, 0.3) is 0 Å². The number of nitrogens with one attached hydrogen (secondary N) is 1. The third-order valence-electron chi connectivity index (χ3n) is 3.81. The first kappa shape index (κ1) is 14.8. The van der Waals surface area contributed by atoms with Gasteiger partial charge in [-0.05, 0) is 42.4 Å². The van der Waals surface area contributed by atoms with Gasteiger partial charge in [0, 0.05) is 6.04 Å². The minimum atomic E-state index is 0.245. The van der Waals surface area contributed by atoms with Gasteiger partial charge in [0.1, 0.15) is 0 Å². The molecule has 106 valence electrons. The largest absolute Gasteiger partial charge is 0.271 e. The predicted molar refractivity (Wildman–Crippen MR) is 85.3 cm³/mol. The van der Waals surface area contributed by atoms with E-state index in [0.717, 1.165) is 25.7 Å². The maximum absolute atomic E-state index is 5.76. The third-order valence-corrected chi connectivity index (χ3v) is 3.81. The molecule has 0 fully saturated rings. The van der Waals surface area contributed by atoms with Crippen LogP contribution >= 0.6 is 0 Å². The zero-order valence-corrected chi connectivity index (χ0v) is 12.2. The Bertz CT molecular complexity index is 508. The number of rotatable bonds is 7. The minimum Gasteiger partial charge on any atom is -0.271 e. The molecule has 0 spiro atoms. The van der Waals surface area contributed by atoms with Crippen molar-refractivity contribution in [1.82, 2.24) is 5.43 Å². The van der Waals surface area contributed by atoms with Crippen LogP contribution < -0.4 is 11.3 Å². The molecule has 3 N–H and O–H groups in total. The number of hydrogen-bond donors (Lipinski definition) is 2. The van der Waals surface area contributed by atoms with E-state index in [2.05, 4.69) is 66.9 Å². The van der Waals surface area contributed by atoms with E-state index >= 15 is 0 Å². The van der Waals surface area contributed by atoms with Crippen molar-refractivity contribution in [3.05, 3.63) is 71.3 Å². The van der Waals surface area contributed by atoms with Crippen LogP contribution in [0.15, 0.2) is 54.6 Å². The maximum atomic E-state index is 5.76. The van der Waals surface area contributed by atoms with Gasteiger partial charge in [-0.15, -0.1) is 0 Å². The molecule has 0 amide bonds. The van der Waals surface area contributed by atoms with Gasteiger partial charge in [-0.1, -0.05) is 61.5 Å². The minimum absolute atomic E-state index is 0.245. The summed E-state index contributed by atoms with van der Waals surface area (Å²) in [5.41, 5.74) is 7.10. The van der Waals surface area contributed by atoms with Gasteiger partial charge in [-0.2, -0.15) is 0 Å². The fourth-order valence-electron chi connectivity index (χ4n) is 2.68. The normalized spacial score (nSPS) is 12.3. The predicted octanol–water partition coefficient (Wildman–Crippen LogP) is 3.78. The average Bonchev–Trinajstić information content (AvgIpc) is 2.53. The Morgan fingerprint density at radius 3 is 2.40 bits per heavy atom. The quantitative estimate of drug-likeness (QED) is 0.592. The molecule has 0 heterocycles. The first-order valence-electron chi connectivity index (χ1n) is 7.43. The summed E-state index contributed by atoms with van der Waals surface area (Å²) in [5, 5.41) is 0. The molecule has 0 saturated carbocycles. The van der Waals surface area contributed by atoms with E-state index < -0.39 is 0 Å². The zero-order chi connectivity index (χ0) is 14.2. The molecule has 2 rings (SSSR count). The van der Waals surface area contributed by atoms with E-state index in [9.17, 15) is 0 Å². The van der Waals surface area contributed by atoms with Gasteiger partial charge in [-0.25, -0.2) is 0 Å². The summed E-state index contributed by atoms with van der Waals surface area (Å²) in [6, 6.07) is 19.4. The van der Waals surface area contributed by atoms with Crippen molar-refractivity contribution in [3.63, 3.8) is 0 Å². The molecule has 2 nitrogen and oxygen atoms in total. The monoisotopic (exact) mass is 268 g/mol. The van der Waals surface area contributed by atoms with Crippen LogP contribution in [0.25, 0.3) is 0 Å². The van der Waals surface area contributed by atoms with Crippen molar-refractivity contribution >= 4 is 0 Å². The lowest BCUT2D eigenvalue weighted by Gasteiger charge is -2.19. The molecule has 0 radical (unpaired) electrons. The summed E-state index contributed by atoms with van der Waals surface area (Å²) in [6.07, 6.45) is 4.35. The highest BCUT2D eigenvalue weighted by molar-refractivity contribution is 5.30. The summed E-state index contributed by atoms with van der Waals surface area (Å²) in [4.78, 5) is 0. The Balaban J connectivity index is 1.95. The van der Waals surface area contributed by atoms with Crippen LogP contribution in [0.5, 0.6) is 0 Å². The Kier molecular flexibility index (Phi) is 5.78. The zero-order valence-electron chi connectivity index (χ0n) is 12.2. The van der Waals surface area contributed by atoms with E-state index in [0.29, 0.717) is 0 Å². The Labute approximate surface area is 122 Å². The molecular weight excluding hydrogens is 244 g/mol. The van der Waals surface area contributed by atoms with Crippen LogP contribution in [0.3, 0.4) is 0 Å². The molecule has 1 unspecified atom stereocenters. The van der Waals surface area contributed by atoms with Crippen molar-refractivity contribution in [2.45, 2.75) is 38.6 Å². The summed E-state index contributed by atoms with van der Waals surface area (Å²) >= 11 is 0. The summed E-state index contributed by atoms with van der Waals surface area (Å²) in [7, 11) is 0. The second kappa shape index (κ2) is 7.83. The van der Waals surface area contributed by atoms with Crippen LogP contribution in [-0.2, 0) is 12.8 Å².